The van der Waals surface area contributed by atoms with E-state index in [1.165, 1.54) is 0 Å². The van der Waals surface area contributed by atoms with Gasteiger partial charge in [-0.15, -0.1) is 0 Å². The summed E-state index contributed by atoms with van der Waals surface area (Å²) in [5.74, 6) is 0.00287. The summed E-state index contributed by atoms with van der Waals surface area (Å²) in [7, 11) is 1.67. The van der Waals surface area contributed by atoms with Crippen LogP contribution in [0.2, 0.25) is 0 Å². The lowest BCUT2D eigenvalue weighted by Gasteiger charge is -2.27. The Morgan fingerprint density at radius 2 is 2.38 bits per heavy atom. The Morgan fingerprint density at radius 1 is 1.56 bits per heavy atom. The van der Waals surface area contributed by atoms with E-state index in [0.29, 0.717) is 0 Å². The van der Waals surface area contributed by atoms with Gasteiger partial charge in [0, 0.05) is 12.7 Å². The molecule has 0 saturated carbocycles. The first-order valence-corrected chi connectivity index (χ1v) is 5.60. The largest absolute Gasteiger partial charge is 0.357 e. The molecular weight excluding hydrogens is 202 g/mol. The molecule has 1 saturated heterocycles. The molecule has 1 atom stereocenters. The second-order valence-electron chi connectivity index (χ2n) is 4.18. The van der Waals surface area contributed by atoms with Crippen molar-refractivity contribution in [3.8, 4) is 0 Å². The van der Waals surface area contributed by atoms with Crippen molar-refractivity contribution in [2.45, 2.75) is 25.3 Å². The second kappa shape index (κ2) is 4.22. The minimum Gasteiger partial charge on any atom is -0.357 e. The van der Waals surface area contributed by atoms with Gasteiger partial charge in [0.1, 0.15) is 5.54 Å². The number of hydrogen-bond acceptors (Lipinski definition) is 3. The molecule has 4 heteroatoms. The summed E-state index contributed by atoms with van der Waals surface area (Å²) >= 11 is 0. The first kappa shape index (κ1) is 11.1. The van der Waals surface area contributed by atoms with Crippen LogP contribution in [0, 0.1) is 6.92 Å². The molecule has 1 aliphatic heterocycles. The molecule has 2 N–H and O–H groups in total. The predicted octanol–water partition coefficient (Wildman–Crippen LogP) is 0.715. The van der Waals surface area contributed by atoms with Gasteiger partial charge >= 0.3 is 0 Å². The fraction of sp³-hybridized carbons (Fsp3) is 0.500. The lowest BCUT2D eigenvalue weighted by atomic mass is 9.91. The standard InChI is InChI=1S/C12H17N3O/c1-9-5-3-6-10(15-9)12(11(16)13-2)7-4-8-14-12/h3,5-6,14H,4,7-8H2,1-2H3,(H,13,16)/t12-/m1/s1. The summed E-state index contributed by atoms with van der Waals surface area (Å²) in [5, 5.41) is 6.01. The van der Waals surface area contributed by atoms with Gasteiger partial charge in [0.2, 0.25) is 5.91 Å². The summed E-state index contributed by atoms with van der Waals surface area (Å²) in [6, 6.07) is 5.80. The predicted molar refractivity (Wildman–Crippen MR) is 62.0 cm³/mol. The van der Waals surface area contributed by atoms with Gasteiger partial charge in [-0.1, -0.05) is 6.07 Å². The monoisotopic (exact) mass is 219 g/mol. The number of amides is 1. The Kier molecular flexibility index (Phi) is 2.92. The van der Waals surface area contributed by atoms with E-state index in [4.69, 9.17) is 0 Å². The van der Waals surface area contributed by atoms with Crippen LogP contribution in [0.1, 0.15) is 24.2 Å². The number of carbonyl (C=O) groups excluding carboxylic acids is 1. The molecular formula is C12H17N3O. The fourth-order valence-corrected chi connectivity index (χ4v) is 2.27. The Labute approximate surface area is 95.5 Å². The van der Waals surface area contributed by atoms with Crippen LogP contribution in [0.5, 0.6) is 0 Å². The minimum atomic E-state index is -0.624. The van der Waals surface area contributed by atoms with Gasteiger partial charge < -0.3 is 5.32 Å². The number of carbonyl (C=O) groups is 1. The number of pyridine rings is 1. The van der Waals surface area contributed by atoms with Gasteiger partial charge in [-0.05, 0) is 38.4 Å². The maximum Gasteiger partial charge on any atom is 0.246 e. The molecule has 2 heterocycles. The summed E-state index contributed by atoms with van der Waals surface area (Å²) in [4.78, 5) is 16.5. The number of nitrogens with one attached hydrogen (secondary N) is 2. The highest BCUT2D eigenvalue weighted by Crippen LogP contribution is 2.29. The van der Waals surface area contributed by atoms with Crippen molar-refractivity contribution >= 4 is 5.91 Å². The number of likely N-dealkylation sites (N-methyl/N-ethyl adjacent to an activating group) is 1. The highest BCUT2D eigenvalue weighted by atomic mass is 16.2. The number of aryl methyl sites for hydroxylation is 1. The average Bonchev–Trinajstić information content (AvgIpc) is 2.78. The van der Waals surface area contributed by atoms with Gasteiger partial charge in [-0.2, -0.15) is 0 Å². The molecule has 0 spiro atoms. The molecule has 1 aliphatic rings. The van der Waals surface area contributed by atoms with E-state index in [1.807, 2.05) is 25.1 Å². The molecule has 0 radical (unpaired) electrons. The summed E-state index contributed by atoms with van der Waals surface area (Å²) in [5.41, 5.74) is 1.14. The number of hydrogen-bond donors (Lipinski definition) is 2. The molecule has 0 bridgehead atoms. The van der Waals surface area contributed by atoms with Crippen LogP contribution < -0.4 is 10.6 Å². The molecule has 86 valence electrons. The van der Waals surface area contributed by atoms with Crippen molar-refractivity contribution in [3.05, 3.63) is 29.6 Å². The minimum absolute atomic E-state index is 0.00287. The molecule has 1 amide bonds. The van der Waals surface area contributed by atoms with Crippen molar-refractivity contribution in [1.29, 1.82) is 0 Å². The first-order chi connectivity index (χ1) is 7.69. The quantitative estimate of drug-likeness (QED) is 0.770. The lowest BCUT2D eigenvalue weighted by molar-refractivity contribution is -0.127. The second-order valence-corrected chi connectivity index (χ2v) is 4.18. The topological polar surface area (TPSA) is 54.0 Å². The van der Waals surface area contributed by atoms with E-state index < -0.39 is 5.54 Å². The maximum atomic E-state index is 12.0. The maximum absolute atomic E-state index is 12.0. The van der Waals surface area contributed by atoms with Crippen LogP contribution in [-0.4, -0.2) is 24.5 Å². The van der Waals surface area contributed by atoms with E-state index in [1.54, 1.807) is 7.05 Å². The zero-order valence-electron chi connectivity index (χ0n) is 9.71. The highest BCUT2D eigenvalue weighted by molar-refractivity contribution is 5.87. The third-order valence-corrected chi connectivity index (χ3v) is 3.10. The van der Waals surface area contributed by atoms with Crippen LogP contribution in [0.25, 0.3) is 0 Å². The third kappa shape index (κ3) is 1.69. The average molecular weight is 219 g/mol. The fourth-order valence-electron chi connectivity index (χ4n) is 2.27. The first-order valence-electron chi connectivity index (χ1n) is 5.60. The normalized spacial score (nSPS) is 24.4. The zero-order valence-corrected chi connectivity index (χ0v) is 9.71. The molecule has 2 rings (SSSR count). The van der Waals surface area contributed by atoms with Gasteiger partial charge in [-0.3, -0.25) is 15.1 Å². The SMILES string of the molecule is CNC(=O)[C@]1(c2cccc(C)n2)CCCN1. The number of rotatable bonds is 2. The van der Waals surface area contributed by atoms with Crippen LogP contribution in [-0.2, 0) is 10.3 Å². The Morgan fingerprint density at radius 3 is 2.94 bits per heavy atom. The van der Waals surface area contributed by atoms with Gasteiger partial charge in [0.25, 0.3) is 0 Å². The molecule has 1 aromatic heterocycles. The van der Waals surface area contributed by atoms with Crippen molar-refractivity contribution in [1.82, 2.24) is 15.6 Å². The Balaban J connectivity index is 2.43. The van der Waals surface area contributed by atoms with Crippen molar-refractivity contribution < 1.29 is 4.79 Å². The van der Waals surface area contributed by atoms with Crippen LogP contribution >= 0.6 is 0 Å². The van der Waals surface area contributed by atoms with Crippen molar-refractivity contribution in [2.75, 3.05) is 13.6 Å². The summed E-state index contributed by atoms with van der Waals surface area (Å²) in [6.45, 7) is 2.80. The number of nitrogens with zero attached hydrogens (tertiary/aromatic N) is 1. The van der Waals surface area contributed by atoms with Crippen LogP contribution in [0.3, 0.4) is 0 Å². The van der Waals surface area contributed by atoms with E-state index in [9.17, 15) is 4.79 Å². The molecule has 0 aromatic carbocycles. The molecule has 1 aromatic rings. The zero-order chi connectivity index (χ0) is 11.6. The van der Waals surface area contributed by atoms with Gasteiger partial charge in [0.15, 0.2) is 0 Å². The van der Waals surface area contributed by atoms with Crippen LogP contribution in [0.15, 0.2) is 18.2 Å². The summed E-state index contributed by atoms with van der Waals surface area (Å²) in [6.07, 6.45) is 1.81. The highest BCUT2D eigenvalue weighted by Gasteiger charge is 2.43. The molecule has 0 aliphatic carbocycles. The van der Waals surface area contributed by atoms with Crippen molar-refractivity contribution in [3.63, 3.8) is 0 Å². The van der Waals surface area contributed by atoms with E-state index in [2.05, 4.69) is 15.6 Å². The van der Waals surface area contributed by atoms with E-state index >= 15 is 0 Å². The molecule has 16 heavy (non-hydrogen) atoms. The van der Waals surface area contributed by atoms with Crippen molar-refractivity contribution in [2.24, 2.45) is 0 Å². The number of aromatic nitrogens is 1. The van der Waals surface area contributed by atoms with E-state index in [0.717, 1.165) is 30.8 Å². The Hall–Kier alpha value is -1.42. The Bertz CT molecular complexity index is 397. The summed E-state index contributed by atoms with van der Waals surface area (Å²) < 4.78 is 0. The third-order valence-electron chi connectivity index (χ3n) is 3.10. The smallest absolute Gasteiger partial charge is 0.246 e. The van der Waals surface area contributed by atoms with Crippen LogP contribution in [0.4, 0.5) is 0 Å². The molecule has 1 fully saturated rings. The molecule has 0 unspecified atom stereocenters. The van der Waals surface area contributed by atoms with Gasteiger partial charge in [-0.25, -0.2) is 0 Å². The lowest BCUT2D eigenvalue weighted by Crippen LogP contribution is -2.50. The van der Waals surface area contributed by atoms with Gasteiger partial charge in [0.05, 0.1) is 5.69 Å². The molecule has 4 nitrogen and oxygen atoms in total. The van der Waals surface area contributed by atoms with E-state index in [-0.39, 0.29) is 5.91 Å².